The maximum atomic E-state index is 12.9. The smallest absolute Gasteiger partial charge is 0.256 e. The SMILES string of the molecule is CO[C@@H](C(=O)N1CCCN2CCC[C@H]2C1)c1ccccc1. The third kappa shape index (κ3) is 3.11. The van der Waals surface area contributed by atoms with E-state index in [1.54, 1.807) is 7.11 Å². The Bertz CT molecular complexity index is 477. The summed E-state index contributed by atoms with van der Waals surface area (Å²) < 4.78 is 5.50. The Hall–Kier alpha value is -1.39. The predicted octanol–water partition coefficient (Wildman–Crippen LogP) is 2.07. The lowest BCUT2D eigenvalue weighted by Gasteiger charge is -2.28. The van der Waals surface area contributed by atoms with Crippen LogP contribution in [0.3, 0.4) is 0 Å². The van der Waals surface area contributed by atoms with Crippen LogP contribution in [-0.4, -0.2) is 55.0 Å². The zero-order chi connectivity index (χ0) is 14.7. The molecule has 2 atom stereocenters. The van der Waals surface area contributed by atoms with E-state index in [1.807, 2.05) is 35.2 Å². The maximum Gasteiger partial charge on any atom is 0.256 e. The van der Waals surface area contributed by atoms with Gasteiger partial charge in [0, 0.05) is 32.8 Å². The molecular formula is C17H24N2O2. The van der Waals surface area contributed by atoms with Crippen molar-refractivity contribution in [1.29, 1.82) is 0 Å². The molecule has 2 aliphatic rings. The number of ether oxygens (including phenoxy) is 1. The highest BCUT2D eigenvalue weighted by Crippen LogP contribution is 2.25. The first-order valence-corrected chi connectivity index (χ1v) is 7.90. The fraction of sp³-hybridized carbons (Fsp3) is 0.588. The summed E-state index contributed by atoms with van der Waals surface area (Å²) in [5, 5.41) is 0. The molecule has 0 bridgehead atoms. The van der Waals surface area contributed by atoms with Crippen molar-refractivity contribution in [3.63, 3.8) is 0 Å². The molecule has 1 aromatic rings. The summed E-state index contributed by atoms with van der Waals surface area (Å²) in [7, 11) is 1.62. The monoisotopic (exact) mass is 288 g/mol. The van der Waals surface area contributed by atoms with Gasteiger partial charge in [-0.15, -0.1) is 0 Å². The number of carbonyl (C=O) groups is 1. The summed E-state index contributed by atoms with van der Waals surface area (Å²) in [6, 6.07) is 10.3. The lowest BCUT2D eigenvalue weighted by atomic mass is 10.1. The van der Waals surface area contributed by atoms with Crippen LogP contribution >= 0.6 is 0 Å². The molecule has 0 N–H and O–H groups in total. The lowest BCUT2D eigenvalue weighted by molar-refractivity contribution is -0.142. The van der Waals surface area contributed by atoms with Crippen LogP contribution in [0.2, 0.25) is 0 Å². The third-order valence-corrected chi connectivity index (χ3v) is 4.68. The van der Waals surface area contributed by atoms with Gasteiger partial charge in [0.25, 0.3) is 5.91 Å². The van der Waals surface area contributed by atoms with Gasteiger partial charge in [-0.1, -0.05) is 30.3 Å². The van der Waals surface area contributed by atoms with Crippen LogP contribution in [0.4, 0.5) is 0 Å². The quantitative estimate of drug-likeness (QED) is 0.853. The van der Waals surface area contributed by atoms with Crippen LogP contribution in [-0.2, 0) is 9.53 Å². The molecule has 2 fully saturated rings. The third-order valence-electron chi connectivity index (χ3n) is 4.68. The topological polar surface area (TPSA) is 32.8 Å². The van der Waals surface area contributed by atoms with Crippen LogP contribution in [0.15, 0.2) is 30.3 Å². The van der Waals surface area contributed by atoms with E-state index in [-0.39, 0.29) is 5.91 Å². The summed E-state index contributed by atoms with van der Waals surface area (Å²) in [6.45, 7) is 4.01. The van der Waals surface area contributed by atoms with E-state index in [4.69, 9.17) is 4.74 Å². The van der Waals surface area contributed by atoms with Gasteiger partial charge in [0.1, 0.15) is 0 Å². The van der Waals surface area contributed by atoms with Gasteiger partial charge in [-0.25, -0.2) is 0 Å². The summed E-state index contributed by atoms with van der Waals surface area (Å²) in [6.07, 6.45) is 3.07. The van der Waals surface area contributed by atoms with Crippen LogP contribution in [0, 0.1) is 0 Å². The molecule has 0 aromatic heterocycles. The highest BCUT2D eigenvalue weighted by Gasteiger charge is 2.33. The Morgan fingerprint density at radius 3 is 2.71 bits per heavy atom. The number of methoxy groups -OCH3 is 1. The molecule has 4 heteroatoms. The first kappa shape index (κ1) is 14.5. The maximum absolute atomic E-state index is 12.9. The highest BCUT2D eigenvalue weighted by molar-refractivity contribution is 5.82. The average Bonchev–Trinajstić information content (AvgIpc) is 2.86. The molecule has 2 saturated heterocycles. The molecule has 1 aromatic carbocycles. The number of amides is 1. The lowest BCUT2D eigenvalue weighted by Crippen LogP contribution is -2.42. The number of carbonyl (C=O) groups excluding carboxylic acids is 1. The van der Waals surface area contributed by atoms with Crippen molar-refractivity contribution in [3.05, 3.63) is 35.9 Å². The number of fused-ring (bicyclic) bond motifs is 1. The fourth-order valence-corrected chi connectivity index (χ4v) is 3.58. The molecule has 0 radical (unpaired) electrons. The average molecular weight is 288 g/mol. The summed E-state index contributed by atoms with van der Waals surface area (Å²) in [5.41, 5.74) is 0.942. The highest BCUT2D eigenvalue weighted by atomic mass is 16.5. The zero-order valence-corrected chi connectivity index (χ0v) is 12.7. The van der Waals surface area contributed by atoms with Gasteiger partial charge in [-0.3, -0.25) is 9.69 Å². The normalized spacial score (nSPS) is 24.4. The molecular weight excluding hydrogens is 264 g/mol. The number of nitrogens with zero attached hydrogens (tertiary/aromatic N) is 2. The Labute approximate surface area is 126 Å². The second-order valence-corrected chi connectivity index (χ2v) is 6.00. The minimum absolute atomic E-state index is 0.109. The fourth-order valence-electron chi connectivity index (χ4n) is 3.58. The van der Waals surface area contributed by atoms with E-state index in [0.29, 0.717) is 6.04 Å². The van der Waals surface area contributed by atoms with Crippen LogP contribution in [0.25, 0.3) is 0 Å². The Kier molecular flexibility index (Phi) is 4.56. The molecule has 21 heavy (non-hydrogen) atoms. The zero-order valence-electron chi connectivity index (χ0n) is 12.7. The Balaban J connectivity index is 1.73. The molecule has 1 amide bonds. The molecule has 0 spiro atoms. The van der Waals surface area contributed by atoms with Crippen molar-refractivity contribution >= 4 is 5.91 Å². The minimum atomic E-state index is -0.473. The predicted molar refractivity (Wildman–Crippen MR) is 82.0 cm³/mol. The Morgan fingerprint density at radius 1 is 1.19 bits per heavy atom. The summed E-state index contributed by atoms with van der Waals surface area (Å²) >= 11 is 0. The van der Waals surface area contributed by atoms with Crippen LogP contribution < -0.4 is 0 Å². The van der Waals surface area contributed by atoms with Crippen LogP contribution in [0.5, 0.6) is 0 Å². The van der Waals surface area contributed by atoms with Crippen molar-refractivity contribution < 1.29 is 9.53 Å². The van der Waals surface area contributed by atoms with E-state index < -0.39 is 6.10 Å². The number of benzene rings is 1. The van der Waals surface area contributed by atoms with Gasteiger partial charge in [0.2, 0.25) is 0 Å². The van der Waals surface area contributed by atoms with Crippen molar-refractivity contribution in [2.75, 3.05) is 33.3 Å². The summed E-state index contributed by atoms with van der Waals surface area (Å²) in [5.74, 6) is 0.109. The van der Waals surface area contributed by atoms with Gasteiger partial charge >= 0.3 is 0 Å². The van der Waals surface area contributed by atoms with Gasteiger partial charge in [-0.05, 0) is 31.4 Å². The Morgan fingerprint density at radius 2 is 1.95 bits per heavy atom. The first-order valence-electron chi connectivity index (χ1n) is 7.90. The van der Waals surface area contributed by atoms with Gasteiger partial charge in [-0.2, -0.15) is 0 Å². The molecule has 0 aliphatic carbocycles. The van der Waals surface area contributed by atoms with E-state index in [0.717, 1.165) is 31.6 Å². The van der Waals surface area contributed by atoms with Crippen molar-refractivity contribution in [1.82, 2.24) is 9.80 Å². The van der Waals surface area contributed by atoms with Crippen molar-refractivity contribution in [2.24, 2.45) is 0 Å². The summed E-state index contributed by atoms with van der Waals surface area (Å²) in [4.78, 5) is 17.4. The molecule has 3 rings (SSSR count). The number of hydrogen-bond donors (Lipinski definition) is 0. The second kappa shape index (κ2) is 6.58. The van der Waals surface area contributed by atoms with Crippen molar-refractivity contribution in [3.8, 4) is 0 Å². The molecule has 4 nitrogen and oxygen atoms in total. The van der Waals surface area contributed by atoms with E-state index >= 15 is 0 Å². The molecule has 0 saturated carbocycles. The number of hydrogen-bond acceptors (Lipinski definition) is 3. The minimum Gasteiger partial charge on any atom is -0.367 e. The van der Waals surface area contributed by atoms with E-state index in [9.17, 15) is 4.79 Å². The molecule has 114 valence electrons. The first-order chi connectivity index (χ1) is 10.3. The van der Waals surface area contributed by atoms with Gasteiger partial charge < -0.3 is 9.64 Å². The molecule has 0 unspecified atom stereocenters. The van der Waals surface area contributed by atoms with Gasteiger partial charge in [0.15, 0.2) is 6.10 Å². The largest absolute Gasteiger partial charge is 0.367 e. The standard InChI is InChI=1S/C17H24N2O2/c1-21-16(14-7-3-2-4-8-14)17(20)19-12-6-11-18-10-5-9-15(18)13-19/h2-4,7-8,15-16H,5-6,9-13H2,1H3/t15-,16+/m0/s1. The molecule has 2 heterocycles. The second-order valence-electron chi connectivity index (χ2n) is 6.00. The van der Waals surface area contributed by atoms with Crippen molar-refractivity contribution in [2.45, 2.75) is 31.4 Å². The van der Waals surface area contributed by atoms with E-state index in [2.05, 4.69) is 4.90 Å². The van der Waals surface area contributed by atoms with Crippen LogP contribution in [0.1, 0.15) is 30.9 Å². The molecule has 2 aliphatic heterocycles. The van der Waals surface area contributed by atoms with E-state index in [1.165, 1.54) is 19.4 Å². The van der Waals surface area contributed by atoms with Gasteiger partial charge in [0.05, 0.1) is 0 Å². The number of rotatable bonds is 3.